The molecule has 2 aliphatic rings. The van der Waals surface area contributed by atoms with Crippen LogP contribution < -0.4 is 4.74 Å². The summed E-state index contributed by atoms with van der Waals surface area (Å²) in [6.07, 6.45) is 4.30. The van der Waals surface area contributed by atoms with Gasteiger partial charge in [-0.1, -0.05) is 30.3 Å². The van der Waals surface area contributed by atoms with Gasteiger partial charge in [0, 0.05) is 29.9 Å². The number of hydrazone groups is 1. The summed E-state index contributed by atoms with van der Waals surface area (Å²) >= 11 is 1.73. The zero-order valence-corrected chi connectivity index (χ0v) is 13.7. The van der Waals surface area contributed by atoms with E-state index in [1.165, 1.54) is 10.4 Å². The fourth-order valence-electron chi connectivity index (χ4n) is 3.37. The molecule has 0 bridgehead atoms. The molecule has 0 saturated heterocycles. The molecule has 24 heavy (non-hydrogen) atoms. The highest BCUT2D eigenvalue weighted by Crippen LogP contribution is 2.47. The van der Waals surface area contributed by atoms with Crippen molar-refractivity contribution >= 4 is 17.0 Å². The third-order valence-electron chi connectivity index (χ3n) is 4.47. The van der Waals surface area contributed by atoms with E-state index in [1.807, 2.05) is 30.5 Å². The third-order valence-corrected chi connectivity index (χ3v) is 5.39. The molecule has 1 aromatic carbocycles. The van der Waals surface area contributed by atoms with Gasteiger partial charge in [-0.05, 0) is 23.6 Å². The first-order valence-electron chi connectivity index (χ1n) is 7.95. The van der Waals surface area contributed by atoms with E-state index >= 15 is 0 Å². The number of ether oxygens (including phenoxy) is 1. The number of thiophene rings is 1. The first kappa shape index (κ1) is 13.7. The summed E-state index contributed by atoms with van der Waals surface area (Å²) in [4.78, 5) is 5.47. The lowest BCUT2D eigenvalue weighted by molar-refractivity contribution is -0.0192. The number of para-hydroxylation sites is 1. The summed E-state index contributed by atoms with van der Waals surface area (Å²) in [5.74, 6) is 0.940. The lowest BCUT2D eigenvalue weighted by Crippen LogP contribution is -2.33. The molecule has 4 nitrogen and oxygen atoms in total. The number of fused-ring (bicyclic) bond motifs is 3. The zero-order chi connectivity index (χ0) is 15.9. The minimum Gasteiger partial charge on any atom is -0.464 e. The van der Waals surface area contributed by atoms with Gasteiger partial charge >= 0.3 is 0 Å². The number of pyridine rings is 1. The summed E-state index contributed by atoms with van der Waals surface area (Å²) in [5.41, 5.74) is 3.35. The van der Waals surface area contributed by atoms with Crippen LogP contribution in [0.1, 0.15) is 34.7 Å². The molecule has 0 saturated carbocycles. The summed E-state index contributed by atoms with van der Waals surface area (Å²) in [5, 5.41) is 9.10. The molecule has 0 amide bonds. The van der Waals surface area contributed by atoms with Crippen molar-refractivity contribution in [3.8, 4) is 5.75 Å². The van der Waals surface area contributed by atoms with Gasteiger partial charge in [0.1, 0.15) is 5.75 Å². The molecule has 3 aromatic rings. The van der Waals surface area contributed by atoms with Crippen molar-refractivity contribution in [1.82, 2.24) is 9.99 Å². The highest BCUT2D eigenvalue weighted by Gasteiger charge is 2.40. The van der Waals surface area contributed by atoms with Crippen LogP contribution in [0.3, 0.4) is 0 Å². The van der Waals surface area contributed by atoms with E-state index in [2.05, 4.69) is 39.6 Å². The Bertz CT molecular complexity index is 892. The molecule has 2 atom stereocenters. The van der Waals surface area contributed by atoms with E-state index in [-0.39, 0.29) is 12.3 Å². The Morgan fingerprint density at radius 1 is 1.08 bits per heavy atom. The minimum atomic E-state index is -0.240. The highest BCUT2D eigenvalue weighted by molar-refractivity contribution is 7.12. The van der Waals surface area contributed by atoms with E-state index in [9.17, 15) is 0 Å². The summed E-state index contributed by atoms with van der Waals surface area (Å²) in [6.45, 7) is 0. The second-order valence-electron chi connectivity index (χ2n) is 5.92. The van der Waals surface area contributed by atoms with Crippen molar-refractivity contribution < 1.29 is 4.74 Å². The second-order valence-corrected chi connectivity index (χ2v) is 6.87. The highest BCUT2D eigenvalue weighted by atomic mass is 32.1. The molecule has 4 heterocycles. The van der Waals surface area contributed by atoms with Gasteiger partial charge < -0.3 is 4.74 Å². The number of hydrogen-bond acceptors (Lipinski definition) is 5. The minimum absolute atomic E-state index is 0.206. The number of rotatable bonds is 2. The molecule has 0 spiro atoms. The fraction of sp³-hybridized carbons (Fsp3) is 0.158. The first-order valence-corrected chi connectivity index (χ1v) is 8.83. The normalized spacial score (nSPS) is 21.7. The number of benzene rings is 1. The van der Waals surface area contributed by atoms with E-state index < -0.39 is 0 Å². The quantitative estimate of drug-likeness (QED) is 0.698. The average molecular weight is 333 g/mol. The van der Waals surface area contributed by atoms with Crippen LogP contribution in [0.15, 0.2) is 71.4 Å². The average Bonchev–Trinajstić information content (AvgIpc) is 3.31. The molecule has 118 valence electrons. The Morgan fingerprint density at radius 3 is 2.88 bits per heavy atom. The van der Waals surface area contributed by atoms with Gasteiger partial charge in [-0.2, -0.15) is 5.10 Å². The van der Waals surface area contributed by atoms with Crippen LogP contribution >= 0.6 is 11.3 Å². The summed E-state index contributed by atoms with van der Waals surface area (Å²) in [7, 11) is 0. The van der Waals surface area contributed by atoms with Crippen molar-refractivity contribution in [2.45, 2.75) is 18.7 Å². The molecule has 0 N–H and O–H groups in total. The van der Waals surface area contributed by atoms with Gasteiger partial charge in [0.2, 0.25) is 6.23 Å². The van der Waals surface area contributed by atoms with Gasteiger partial charge in [-0.3, -0.25) is 4.98 Å². The Kier molecular flexibility index (Phi) is 3.13. The van der Waals surface area contributed by atoms with Crippen molar-refractivity contribution in [2.24, 2.45) is 5.10 Å². The summed E-state index contributed by atoms with van der Waals surface area (Å²) in [6, 6.07) is 16.7. The fourth-order valence-corrected chi connectivity index (χ4v) is 4.09. The maximum Gasteiger partial charge on any atom is 0.215 e. The van der Waals surface area contributed by atoms with Crippen LogP contribution in [-0.2, 0) is 0 Å². The summed E-state index contributed by atoms with van der Waals surface area (Å²) < 4.78 is 6.28. The van der Waals surface area contributed by atoms with E-state index in [1.54, 1.807) is 17.5 Å². The van der Waals surface area contributed by atoms with Crippen molar-refractivity contribution in [3.63, 3.8) is 0 Å². The molecular formula is C19H15N3OS. The van der Waals surface area contributed by atoms with Crippen molar-refractivity contribution in [2.75, 3.05) is 0 Å². The smallest absolute Gasteiger partial charge is 0.215 e. The standard InChI is InChI=1S/C19H15N3OS/c1-2-7-17-14(6-1)16-11-15(18-8-4-10-24-18)21-22(16)19(23-17)13-5-3-9-20-12-13/h1-10,12,16,19H,11H2/t16-,19-/m1/s1. The third kappa shape index (κ3) is 2.12. The van der Waals surface area contributed by atoms with Crippen LogP contribution in [0.2, 0.25) is 0 Å². The molecule has 2 aromatic heterocycles. The zero-order valence-electron chi connectivity index (χ0n) is 12.9. The van der Waals surface area contributed by atoms with E-state index in [0.29, 0.717) is 0 Å². The number of hydrogen-bond donors (Lipinski definition) is 0. The van der Waals surface area contributed by atoms with Crippen LogP contribution in [0.5, 0.6) is 5.75 Å². The van der Waals surface area contributed by atoms with Crippen LogP contribution in [-0.4, -0.2) is 15.7 Å². The SMILES string of the molecule is c1cncc([C@H]2Oc3ccccc3[C@H]3CC(c4cccs4)=NN32)c1. The van der Waals surface area contributed by atoms with Crippen LogP contribution in [0.25, 0.3) is 0 Å². The van der Waals surface area contributed by atoms with E-state index in [0.717, 1.165) is 23.4 Å². The molecular weight excluding hydrogens is 318 g/mol. The monoisotopic (exact) mass is 333 g/mol. The first-order chi connectivity index (χ1) is 11.9. The van der Waals surface area contributed by atoms with Gasteiger partial charge in [0.05, 0.1) is 16.6 Å². The lowest BCUT2D eigenvalue weighted by Gasteiger charge is -2.38. The number of nitrogens with zero attached hydrogens (tertiary/aromatic N) is 3. The van der Waals surface area contributed by atoms with Gasteiger partial charge in [0.25, 0.3) is 0 Å². The molecule has 5 heteroatoms. The van der Waals surface area contributed by atoms with Crippen LogP contribution in [0.4, 0.5) is 0 Å². The van der Waals surface area contributed by atoms with Crippen molar-refractivity contribution in [1.29, 1.82) is 0 Å². The maximum absolute atomic E-state index is 6.28. The lowest BCUT2D eigenvalue weighted by atomic mass is 9.98. The predicted molar refractivity (Wildman–Crippen MR) is 94.1 cm³/mol. The van der Waals surface area contributed by atoms with E-state index in [4.69, 9.17) is 9.84 Å². The Labute approximate surface area is 144 Å². The molecule has 0 fully saturated rings. The van der Waals surface area contributed by atoms with Gasteiger partial charge in [0.15, 0.2) is 0 Å². The second kappa shape index (κ2) is 5.46. The molecule has 0 aliphatic carbocycles. The maximum atomic E-state index is 6.28. The van der Waals surface area contributed by atoms with Crippen LogP contribution in [0, 0.1) is 0 Å². The Hall–Kier alpha value is -2.66. The Morgan fingerprint density at radius 2 is 2.04 bits per heavy atom. The predicted octanol–water partition coefficient (Wildman–Crippen LogP) is 4.39. The van der Waals surface area contributed by atoms with Gasteiger partial charge in [-0.15, -0.1) is 11.3 Å². The molecule has 5 rings (SSSR count). The Balaban J connectivity index is 1.62. The van der Waals surface area contributed by atoms with Crippen molar-refractivity contribution in [3.05, 3.63) is 82.3 Å². The number of aromatic nitrogens is 1. The largest absolute Gasteiger partial charge is 0.464 e. The molecule has 0 radical (unpaired) electrons. The topological polar surface area (TPSA) is 37.7 Å². The molecule has 0 unspecified atom stereocenters. The van der Waals surface area contributed by atoms with Gasteiger partial charge in [-0.25, -0.2) is 5.01 Å². The molecule has 2 aliphatic heterocycles.